The van der Waals surface area contributed by atoms with Crippen LogP contribution >= 0.6 is 0 Å². The third-order valence-corrected chi connectivity index (χ3v) is 5.78. The molecule has 0 spiro atoms. The number of nitrogens with one attached hydrogen (secondary N) is 1. The van der Waals surface area contributed by atoms with Crippen LogP contribution in [-0.4, -0.2) is 24.1 Å². The normalized spacial score (nSPS) is 18.1. The van der Waals surface area contributed by atoms with E-state index in [1.165, 1.54) is 12.1 Å². The van der Waals surface area contributed by atoms with E-state index in [-0.39, 0.29) is 30.1 Å². The fraction of sp³-hybridized carbons (Fsp3) is 0.348. The van der Waals surface area contributed by atoms with E-state index in [1.54, 1.807) is 17.9 Å². The summed E-state index contributed by atoms with van der Waals surface area (Å²) >= 11 is 0. The Hall–Kier alpha value is -3.02. The standard InChI is InChI=1S/C23H24FN3O2/c1-13-10-20-21(11-14(13)2)27(23(29)17-5-4-6-19(17)26-20)12-22(28)25-16-7-8-18(24)15(3)9-16/h7-11,17H,4-6,12H2,1-3H3,(H,25,28)/t17-/m0/s1. The van der Waals surface area contributed by atoms with Crippen LogP contribution < -0.4 is 10.2 Å². The van der Waals surface area contributed by atoms with E-state index >= 15 is 0 Å². The average Bonchev–Trinajstić information content (AvgIpc) is 3.10. The summed E-state index contributed by atoms with van der Waals surface area (Å²) < 4.78 is 13.5. The lowest BCUT2D eigenvalue weighted by atomic mass is 10.0. The van der Waals surface area contributed by atoms with Crippen molar-refractivity contribution in [3.63, 3.8) is 0 Å². The van der Waals surface area contributed by atoms with E-state index in [0.717, 1.165) is 41.8 Å². The maximum absolute atomic E-state index is 13.5. The highest BCUT2D eigenvalue weighted by Gasteiger charge is 2.37. The molecule has 2 aromatic carbocycles. The maximum atomic E-state index is 13.5. The molecule has 1 saturated carbocycles. The number of amides is 2. The van der Waals surface area contributed by atoms with E-state index in [2.05, 4.69) is 5.32 Å². The van der Waals surface area contributed by atoms with E-state index in [9.17, 15) is 14.0 Å². The summed E-state index contributed by atoms with van der Waals surface area (Å²) in [6, 6.07) is 8.34. The molecule has 0 unspecified atom stereocenters. The molecule has 150 valence electrons. The van der Waals surface area contributed by atoms with Crippen molar-refractivity contribution >= 4 is 34.6 Å². The first-order valence-corrected chi connectivity index (χ1v) is 9.89. The number of aryl methyl sites for hydroxylation is 3. The number of rotatable bonds is 3. The van der Waals surface area contributed by atoms with Crippen LogP contribution in [0.5, 0.6) is 0 Å². The zero-order chi connectivity index (χ0) is 20.7. The molecule has 2 aromatic rings. The molecule has 0 aromatic heterocycles. The number of carbonyl (C=O) groups excluding carboxylic acids is 2. The minimum atomic E-state index is -0.324. The number of hydrogen-bond donors (Lipinski definition) is 1. The summed E-state index contributed by atoms with van der Waals surface area (Å²) in [5, 5.41) is 2.78. The Morgan fingerprint density at radius 3 is 2.69 bits per heavy atom. The molecule has 1 aliphatic carbocycles. The molecular formula is C23H24FN3O2. The van der Waals surface area contributed by atoms with Crippen LogP contribution in [0.3, 0.4) is 0 Å². The number of aliphatic imine (C=N–C) groups is 1. The zero-order valence-corrected chi connectivity index (χ0v) is 16.9. The van der Waals surface area contributed by atoms with E-state index in [4.69, 9.17) is 4.99 Å². The van der Waals surface area contributed by atoms with Crippen molar-refractivity contribution in [1.29, 1.82) is 0 Å². The van der Waals surface area contributed by atoms with Gasteiger partial charge in [-0.25, -0.2) is 4.39 Å². The van der Waals surface area contributed by atoms with Crippen LogP contribution in [0.15, 0.2) is 35.3 Å². The number of nitrogens with zero attached hydrogens (tertiary/aromatic N) is 2. The fourth-order valence-corrected chi connectivity index (χ4v) is 4.01. The molecule has 1 atom stereocenters. The molecule has 5 nitrogen and oxygen atoms in total. The first-order chi connectivity index (χ1) is 13.8. The third-order valence-electron chi connectivity index (χ3n) is 5.78. The summed E-state index contributed by atoms with van der Waals surface area (Å²) in [6.45, 7) is 5.54. The van der Waals surface area contributed by atoms with Crippen molar-refractivity contribution in [2.45, 2.75) is 40.0 Å². The highest BCUT2D eigenvalue weighted by molar-refractivity contribution is 6.16. The van der Waals surface area contributed by atoms with Gasteiger partial charge in [-0.15, -0.1) is 0 Å². The number of benzene rings is 2. The molecule has 1 aliphatic heterocycles. The molecule has 1 heterocycles. The number of halogens is 1. The van der Waals surface area contributed by atoms with Crippen molar-refractivity contribution in [3.8, 4) is 0 Å². The van der Waals surface area contributed by atoms with E-state index in [1.807, 2.05) is 26.0 Å². The van der Waals surface area contributed by atoms with Crippen molar-refractivity contribution in [2.75, 3.05) is 16.8 Å². The lowest BCUT2D eigenvalue weighted by molar-refractivity contribution is -0.122. The van der Waals surface area contributed by atoms with Crippen molar-refractivity contribution in [1.82, 2.24) is 0 Å². The Morgan fingerprint density at radius 2 is 1.93 bits per heavy atom. The van der Waals surface area contributed by atoms with Crippen molar-refractivity contribution in [3.05, 3.63) is 52.8 Å². The minimum Gasteiger partial charge on any atom is -0.325 e. The zero-order valence-electron chi connectivity index (χ0n) is 16.9. The molecule has 1 N–H and O–H groups in total. The number of carbonyl (C=O) groups is 2. The maximum Gasteiger partial charge on any atom is 0.244 e. The summed E-state index contributed by atoms with van der Waals surface area (Å²) in [4.78, 5) is 32.4. The molecule has 2 aliphatic rings. The smallest absolute Gasteiger partial charge is 0.244 e. The largest absolute Gasteiger partial charge is 0.325 e. The molecule has 0 bridgehead atoms. The van der Waals surface area contributed by atoms with Gasteiger partial charge >= 0.3 is 0 Å². The van der Waals surface area contributed by atoms with Crippen LogP contribution in [0.4, 0.5) is 21.5 Å². The lowest BCUT2D eigenvalue weighted by Gasteiger charge is -2.25. The highest BCUT2D eigenvalue weighted by atomic mass is 19.1. The number of fused-ring (bicyclic) bond motifs is 2. The fourth-order valence-electron chi connectivity index (χ4n) is 4.01. The number of hydrogen-bond acceptors (Lipinski definition) is 3. The van der Waals surface area contributed by atoms with Crippen LogP contribution in [0.1, 0.15) is 36.0 Å². The van der Waals surface area contributed by atoms with Crippen LogP contribution in [0.2, 0.25) is 0 Å². The molecule has 0 saturated heterocycles. The molecule has 1 fully saturated rings. The summed E-state index contributed by atoms with van der Waals surface area (Å²) in [7, 11) is 0. The highest BCUT2D eigenvalue weighted by Crippen LogP contribution is 2.39. The van der Waals surface area contributed by atoms with Gasteiger partial charge in [0.15, 0.2) is 0 Å². The van der Waals surface area contributed by atoms with Gasteiger partial charge in [-0.3, -0.25) is 14.6 Å². The molecular weight excluding hydrogens is 369 g/mol. The Balaban J connectivity index is 1.65. The summed E-state index contributed by atoms with van der Waals surface area (Å²) in [5.74, 6) is -0.982. The van der Waals surface area contributed by atoms with E-state index < -0.39 is 0 Å². The second kappa shape index (κ2) is 7.43. The van der Waals surface area contributed by atoms with Gasteiger partial charge in [0.2, 0.25) is 11.8 Å². The monoisotopic (exact) mass is 393 g/mol. The molecule has 4 rings (SSSR count). The molecule has 29 heavy (non-hydrogen) atoms. The van der Waals surface area contributed by atoms with Crippen LogP contribution in [0, 0.1) is 32.5 Å². The van der Waals surface area contributed by atoms with Gasteiger partial charge in [-0.2, -0.15) is 0 Å². The molecule has 0 radical (unpaired) electrons. The molecule has 2 amide bonds. The Morgan fingerprint density at radius 1 is 1.17 bits per heavy atom. The van der Waals surface area contributed by atoms with E-state index in [0.29, 0.717) is 16.9 Å². The average molecular weight is 393 g/mol. The first kappa shape index (κ1) is 19.3. The second-order valence-corrected chi connectivity index (χ2v) is 7.91. The predicted molar refractivity (Wildman–Crippen MR) is 112 cm³/mol. The van der Waals surface area contributed by atoms with Crippen LogP contribution in [0.25, 0.3) is 0 Å². The Labute approximate surface area is 169 Å². The molecule has 6 heteroatoms. The van der Waals surface area contributed by atoms with Gasteiger partial charge in [0.1, 0.15) is 12.4 Å². The Bertz CT molecular complexity index is 1040. The van der Waals surface area contributed by atoms with Gasteiger partial charge in [-0.1, -0.05) is 0 Å². The van der Waals surface area contributed by atoms with Gasteiger partial charge in [0.05, 0.1) is 17.3 Å². The SMILES string of the molecule is Cc1cc2c(cc1C)N(CC(=O)Nc1ccc(F)c(C)c1)C(=O)[C@H]1CCCC1=N2. The van der Waals surface area contributed by atoms with Gasteiger partial charge in [0, 0.05) is 11.4 Å². The first-order valence-electron chi connectivity index (χ1n) is 9.89. The topological polar surface area (TPSA) is 61.8 Å². The van der Waals surface area contributed by atoms with Gasteiger partial charge in [0.25, 0.3) is 0 Å². The van der Waals surface area contributed by atoms with Gasteiger partial charge < -0.3 is 10.2 Å². The summed E-state index contributed by atoms with van der Waals surface area (Å²) in [5.41, 5.74) is 5.43. The minimum absolute atomic E-state index is 0.0753. The summed E-state index contributed by atoms with van der Waals surface area (Å²) in [6.07, 6.45) is 2.51. The van der Waals surface area contributed by atoms with Crippen molar-refractivity contribution in [2.24, 2.45) is 10.9 Å². The Kier molecular flexibility index (Phi) is 4.94. The number of anilines is 2. The quantitative estimate of drug-likeness (QED) is 0.828. The van der Waals surface area contributed by atoms with Crippen LogP contribution in [-0.2, 0) is 9.59 Å². The van der Waals surface area contributed by atoms with Crippen molar-refractivity contribution < 1.29 is 14.0 Å². The lowest BCUT2D eigenvalue weighted by Crippen LogP contribution is -2.42. The predicted octanol–water partition coefficient (Wildman–Crippen LogP) is 4.61. The second-order valence-electron chi connectivity index (χ2n) is 7.91. The van der Waals surface area contributed by atoms with Gasteiger partial charge in [-0.05, 0) is 87.1 Å². The third kappa shape index (κ3) is 3.67.